The van der Waals surface area contributed by atoms with Gasteiger partial charge in [0.2, 0.25) is 0 Å². The average molecular weight is 314 g/mol. The van der Waals surface area contributed by atoms with E-state index in [0.717, 1.165) is 6.07 Å². The number of nitrogens with two attached hydrogens (primary N) is 1. The van der Waals surface area contributed by atoms with Gasteiger partial charge in [-0.1, -0.05) is 23.2 Å². The lowest BCUT2D eigenvalue weighted by atomic mass is 10.0. The van der Waals surface area contributed by atoms with Gasteiger partial charge in [-0.2, -0.15) is 0 Å². The van der Waals surface area contributed by atoms with E-state index in [-0.39, 0.29) is 26.9 Å². The number of carbonyl (C=O) groups excluding carboxylic acids is 1. The maximum Gasteiger partial charge on any atom is 0.196 e. The van der Waals surface area contributed by atoms with Crippen LogP contribution in [0, 0.1) is 5.82 Å². The van der Waals surface area contributed by atoms with Gasteiger partial charge < -0.3 is 10.5 Å². The van der Waals surface area contributed by atoms with Crippen molar-refractivity contribution >= 4 is 34.7 Å². The van der Waals surface area contributed by atoms with Crippen LogP contribution in [0.5, 0.6) is 5.75 Å². The fourth-order valence-electron chi connectivity index (χ4n) is 1.73. The van der Waals surface area contributed by atoms with Crippen LogP contribution in [0.15, 0.2) is 30.3 Å². The largest absolute Gasteiger partial charge is 0.495 e. The van der Waals surface area contributed by atoms with Crippen molar-refractivity contribution in [3.05, 3.63) is 57.3 Å². The minimum absolute atomic E-state index is 0.0353. The Morgan fingerprint density at radius 2 is 1.85 bits per heavy atom. The zero-order chi connectivity index (χ0) is 14.9. The summed E-state index contributed by atoms with van der Waals surface area (Å²) in [6.45, 7) is 0. The SMILES string of the molecule is COc1cc(Cl)c(C(=O)c2cc(F)ccc2N)cc1Cl. The van der Waals surface area contributed by atoms with E-state index in [1.54, 1.807) is 0 Å². The quantitative estimate of drug-likeness (QED) is 0.689. The van der Waals surface area contributed by atoms with Crippen LogP contribution in [0.3, 0.4) is 0 Å². The highest BCUT2D eigenvalue weighted by atomic mass is 35.5. The molecule has 2 aromatic carbocycles. The summed E-state index contributed by atoms with van der Waals surface area (Å²) in [7, 11) is 1.43. The van der Waals surface area contributed by atoms with E-state index in [2.05, 4.69) is 0 Å². The number of ketones is 1. The molecule has 0 heterocycles. The van der Waals surface area contributed by atoms with Crippen molar-refractivity contribution in [3.63, 3.8) is 0 Å². The maximum absolute atomic E-state index is 13.2. The summed E-state index contributed by atoms with van der Waals surface area (Å²) >= 11 is 12.0. The van der Waals surface area contributed by atoms with Crippen molar-refractivity contribution in [2.24, 2.45) is 0 Å². The van der Waals surface area contributed by atoms with Gasteiger partial charge in [0.25, 0.3) is 0 Å². The molecule has 0 unspecified atom stereocenters. The molecule has 2 aromatic rings. The third-order valence-electron chi connectivity index (χ3n) is 2.75. The lowest BCUT2D eigenvalue weighted by molar-refractivity contribution is 0.103. The smallest absolute Gasteiger partial charge is 0.196 e. The van der Waals surface area contributed by atoms with E-state index in [1.165, 1.54) is 31.4 Å². The minimum Gasteiger partial charge on any atom is -0.495 e. The Hall–Kier alpha value is -1.78. The molecular weight excluding hydrogens is 304 g/mol. The fraction of sp³-hybridized carbons (Fsp3) is 0.0714. The molecule has 0 fully saturated rings. The molecule has 20 heavy (non-hydrogen) atoms. The van der Waals surface area contributed by atoms with Crippen molar-refractivity contribution in [3.8, 4) is 5.75 Å². The lowest BCUT2D eigenvalue weighted by Crippen LogP contribution is -2.07. The van der Waals surface area contributed by atoms with Gasteiger partial charge in [-0.25, -0.2) is 4.39 Å². The number of hydrogen-bond acceptors (Lipinski definition) is 3. The Morgan fingerprint density at radius 3 is 2.50 bits per heavy atom. The van der Waals surface area contributed by atoms with Crippen molar-refractivity contribution < 1.29 is 13.9 Å². The second kappa shape index (κ2) is 5.69. The van der Waals surface area contributed by atoms with Crippen LogP contribution in [0.4, 0.5) is 10.1 Å². The van der Waals surface area contributed by atoms with Crippen molar-refractivity contribution in [1.29, 1.82) is 0 Å². The summed E-state index contributed by atoms with van der Waals surface area (Å²) < 4.78 is 18.2. The molecule has 2 rings (SSSR count). The molecule has 104 valence electrons. The Balaban J connectivity index is 2.54. The minimum atomic E-state index is -0.557. The van der Waals surface area contributed by atoms with Gasteiger partial charge >= 0.3 is 0 Å². The van der Waals surface area contributed by atoms with Gasteiger partial charge in [-0.3, -0.25) is 4.79 Å². The number of anilines is 1. The van der Waals surface area contributed by atoms with Crippen LogP contribution < -0.4 is 10.5 Å². The lowest BCUT2D eigenvalue weighted by Gasteiger charge is -2.09. The van der Waals surface area contributed by atoms with E-state index in [9.17, 15) is 9.18 Å². The van der Waals surface area contributed by atoms with Gasteiger partial charge in [0.15, 0.2) is 5.78 Å². The number of rotatable bonds is 3. The third kappa shape index (κ3) is 2.71. The average Bonchev–Trinajstić information content (AvgIpc) is 2.42. The Labute approximate surface area is 125 Å². The first-order valence-corrected chi connectivity index (χ1v) is 6.32. The highest BCUT2D eigenvalue weighted by Gasteiger charge is 2.18. The molecule has 0 saturated heterocycles. The number of ether oxygens (including phenoxy) is 1. The van der Waals surface area contributed by atoms with Crippen molar-refractivity contribution in [1.82, 2.24) is 0 Å². The number of halogens is 3. The molecule has 0 aliphatic rings. The Kier molecular flexibility index (Phi) is 4.16. The van der Waals surface area contributed by atoms with E-state index < -0.39 is 11.6 Å². The van der Waals surface area contributed by atoms with Gasteiger partial charge in [0.05, 0.1) is 17.2 Å². The molecule has 0 bridgehead atoms. The van der Waals surface area contributed by atoms with Gasteiger partial charge in [-0.05, 0) is 24.3 Å². The maximum atomic E-state index is 13.2. The molecule has 0 aliphatic carbocycles. The summed E-state index contributed by atoms with van der Waals surface area (Å²) in [4.78, 5) is 12.4. The number of nitrogen functional groups attached to an aromatic ring is 1. The Bertz CT molecular complexity index is 689. The van der Waals surface area contributed by atoms with E-state index in [4.69, 9.17) is 33.7 Å². The topological polar surface area (TPSA) is 52.3 Å². The number of carbonyl (C=O) groups is 1. The normalized spacial score (nSPS) is 10.4. The zero-order valence-corrected chi connectivity index (χ0v) is 11.9. The van der Waals surface area contributed by atoms with Crippen LogP contribution in [0.1, 0.15) is 15.9 Å². The summed E-state index contributed by atoms with van der Waals surface area (Å²) in [5.41, 5.74) is 6.02. The summed E-state index contributed by atoms with van der Waals surface area (Å²) in [6, 6.07) is 6.35. The standard InChI is InChI=1S/C14H10Cl2FNO2/c1-20-13-6-10(15)8(5-11(13)16)14(19)9-4-7(17)2-3-12(9)18/h2-6H,18H2,1H3. The molecule has 0 radical (unpaired) electrons. The molecule has 0 amide bonds. The summed E-state index contributed by atoms with van der Waals surface area (Å²) in [5.74, 6) is -0.713. The number of methoxy groups -OCH3 is 1. The monoisotopic (exact) mass is 313 g/mol. The van der Waals surface area contributed by atoms with Gasteiger partial charge in [-0.15, -0.1) is 0 Å². The molecule has 2 N–H and O–H groups in total. The van der Waals surface area contributed by atoms with Gasteiger partial charge in [0, 0.05) is 22.9 Å². The third-order valence-corrected chi connectivity index (χ3v) is 3.35. The molecule has 0 atom stereocenters. The number of benzene rings is 2. The molecule has 3 nitrogen and oxygen atoms in total. The first-order chi connectivity index (χ1) is 9.43. The van der Waals surface area contributed by atoms with Crippen LogP contribution in [-0.2, 0) is 0 Å². The van der Waals surface area contributed by atoms with Crippen LogP contribution in [-0.4, -0.2) is 12.9 Å². The van der Waals surface area contributed by atoms with Crippen LogP contribution in [0.2, 0.25) is 10.0 Å². The molecule has 6 heteroatoms. The highest BCUT2D eigenvalue weighted by molar-refractivity contribution is 6.37. The van der Waals surface area contributed by atoms with Crippen LogP contribution >= 0.6 is 23.2 Å². The highest BCUT2D eigenvalue weighted by Crippen LogP contribution is 2.32. The van der Waals surface area contributed by atoms with E-state index in [1.807, 2.05) is 0 Å². The van der Waals surface area contributed by atoms with Gasteiger partial charge in [0.1, 0.15) is 11.6 Å². The molecule has 0 aliphatic heterocycles. The van der Waals surface area contributed by atoms with E-state index >= 15 is 0 Å². The molecule has 0 aromatic heterocycles. The molecule has 0 spiro atoms. The first-order valence-electron chi connectivity index (χ1n) is 5.56. The number of hydrogen-bond donors (Lipinski definition) is 1. The second-order valence-corrected chi connectivity index (χ2v) is 4.84. The zero-order valence-electron chi connectivity index (χ0n) is 10.4. The summed E-state index contributed by atoms with van der Waals surface area (Å²) in [5, 5.41) is 0.384. The molecular formula is C14H10Cl2FNO2. The van der Waals surface area contributed by atoms with Crippen molar-refractivity contribution in [2.75, 3.05) is 12.8 Å². The second-order valence-electron chi connectivity index (χ2n) is 4.03. The van der Waals surface area contributed by atoms with Crippen molar-refractivity contribution in [2.45, 2.75) is 0 Å². The molecule has 0 saturated carbocycles. The Morgan fingerprint density at radius 1 is 1.15 bits per heavy atom. The predicted molar refractivity (Wildman–Crippen MR) is 77.3 cm³/mol. The first kappa shape index (κ1) is 14.6. The fourth-order valence-corrected chi connectivity index (χ4v) is 2.21. The summed E-state index contributed by atoms with van der Waals surface area (Å²) in [6.07, 6.45) is 0. The predicted octanol–water partition coefficient (Wildman–Crippen LogP) is 3.95. The van der Waals surface area contributed by atoms with E-state index in [0.29, 0.717) is 5.75 Å². The van der Waals surface area contributed by atoms with Crippen LogP contribution in [0.25, 0.3) is 0 Å².